The number of hydrogen-bond acceptors (Lipinski definition) is 7. The molecular formula is C29H37N7S. The number of thioether (sulfide) groups is 1. The first-order valence-electron chi connectivity index (χ1n) is 13.1. The molecule has 7 nitrogen and oxygen atoms in total. The van der Waals surface area contributed by atoms with Crippen LogP contribution in [0.1, 0.15) is 64.6 Å². The van der Waals surface area contributed by atoms with Gasteiger partial charge in [-0.1, -0.05) is 32.9 Å². The lowest BCUT2D eigenvalue weighted by atomic mass is 9.86. The first-order valence-corrected chi connectivity index (χ1v) is 14.0. The molecule has 5 rings (SSSR count). The number of hydrogen-bond donors (Lipinski definition) is 1. The summed E-state index contributed by atoms with van der Waals surface area (Å²) in [4.78, 5) is 22.4. The predicted molar refractivity (Wildman–Crippen MR) is 154 cm³/mol. The van der Waals surface area contributed by atoms with E-state index in [4.69, 9.17) is 9.97 Å². The zero-order valence-electron chi connectivity index (χ0n) is 22.7. The highest BCUT2D eigenvalue weighted by molar-refractivity contribution is 8.00. The zero-order valence-corrected chi connectivity index (χ0v) is 23.5. The van der Waals surface area contributed by atoms with Gasteiger partial charge in [-0.2, -0.15) is 9.97 Å². The summed E-state index contributed by atoms with van der Waals surface area (Å²) in [7, 11) is 0. The summed E-state index contributed by atoms with van der Waals surface area (Å²) in [5, 5.41) is 4.27. The minimum atomic E-state index is 0.0641. The molecule has 0 bridgehead atoms. The second kappa shape index (κ2) is 10.3. The van der Waals surface area contributed by atoms with E-state index in [0.717, 1.165) is 54.5 Å². The molecule has 3 aromatic heterocycles. The van der Waals surface area contributed by atoms with Crippen LogP contribution in [0.2, 0.25) is 0 Å². The van der Waals surface area contributed by atoms with Crippen LogP contribution in [0.4, 0.5) is 17.5 Å². The number of aryl methyl sites for hydroxylation is 1. The molecule has 0 amide bonds. The average Bonchev–Trinajstić information content (AvgIpc) is 3.31. The molecule has 0 spiro atoms. The first-order chi connectivity index (χ1) is 17.7. The molecule has 1 N–H and O–H groups in total. The van der Waals surface area contributed by atoms with Crippen molar-refractivity contribution in [2.75, 3.05) is 23.3 Å². The fourth-order valence-electron chi connectivity index (χ4n) is 4.69. The van der Waals surface area contributed by atoms with Gasteiger partial charge in [-0.25, -0.2) is 4.98 Å². The van der Waals surface area contributed by atoms with E-state index < -0.39 is 0 Å². The Hall–Kier alpha value is -3.13. The monoisotopic (exact) mass is 515 g/mol. The number of imidazole rings is 1. The number of nitrogens with zero attached hydrogens (tertiary/aromatic N) is 6. The predicted octanol–water partition coefficient (Wildman–Crippen LogP) is 6.91. The maximum Gasteiger partial charge on any atom is 0.229 e. The molecule has 8 heteroatoms. The van der Waals surface area contributed by atoms with E-state index >= 15 is 0 Å². The van der Waals surface area contributed by atoms with Crippen LogP contribution >= 0.6 is 11.8 Å². The standard InChI is InChI=1S/C29H37N7S/c1-19(2)36-18-31-26-25(36)27(32-24-17-21(29(4,5)6)8-7-20(24)3)34-28(33-26)35-15-11-23(12-16-35)37-22-9-13-30-14-10-22/h7-10,13-14,17-19,23H,11-12,15-16H2,1-6H3,(H,32,33,34). The Morgan fingerprint density at radius 2 is 1.76 bits per heavy atom. The molecule has 1 aliphatic heterocycles. The lowest BCUT2D eigenvalue weighted by Gasteiger charge is -2.32. The first kappa shape index (κ1) is 25.5. The van der Waals surface area contributed by atoms with Crippen molar-refractivity contribution in [2.45, 2.75) is 76.0 Å². The minimum Gasteiger partial charge on any atom is -0.341 e. The minimum absolute atomic E-state index is 0.0641. The van der Waals surface area contributed by atoms with Gasteiger partial charge in [0.1, 0.15) is 5.52 Å². The third-order valence-corrected chi connectivity index (χ3v) is 8.36. The summed E-state index contributed by atoms with van der Waals surface area (Å²) >= 11 is 1.95. The van der Waals surface area contributed by atoms with Gasteiger partial charge in [0.05, 0.1) is 6.33 Å². The number of pyridine rings is 1. The number of piperidine rings is 1. The molecule has 1 fully saturated rings. The second-order valence-electron chi connectivity index (χ2n) is 11.2. The van der Waals surface area contributed by atoms with Crippen LogP contribution in [0.25, 0.3) is 11.2 Å². The summed E-state index contributed by atoms with van der Waals surface area (Å²) in [6.45, 7) is 15.0. The summed E-state index contributed by atoms with van der Waals surface area (Å²) in [5.74, 6) is 1.56. The number of benzene rings is 1. The summed E-state index contributed by atoms with van der Waals surface area (Å²) in [6, 6.07) is 11.1. The molecule has 4 heterocycles. The highest BCUT2D eigenvalue weighted by atomic mass is 32.2. The summed E-state index contributed by atoms with van der Waals surface area (Å²) in [6.07, 6.45) is 7.79. The number of aromatic nitrogens is 5. The van der Waals surface area contributed by atoms with E-state index in [0.29, 0.717) is 5.25 Å². The van der Waals surface area contributed by atoms with E-state index in [-0.39, 0.29) is 11.5 Å². The van der Waals surface area contributed by atoms with Gasteiger partial charge in [0, 0.05) is 47.4 Å². The Morgan fingerprint density at radius 1 is 1.03 bits per heavy atom. The molecule has 0 aliphatic carbocycles. The summed E-state index contributed by atoms with van der Waals surface area (Å²) < 4.78 is 2.15. The van der Waals surface area contributed by atoms with Crippen molar-refractivity contribution in [3.8, 4) is 0 Å². The quantitative estimate of drug-likeness (QED) is 0.299. The van der Waals surface area contributed by atoms with E-state index in [1.54, 1.807) is 0 Å². The zero-order chi connectivity index (χ0) is 26.2. The smallest absolute Gasteiger partial charge is 0.229 e. The molecule has 1 saturated heterocycles. The maximum atomic E-state index is 5.10. The Bertz CT molecular complexity index is 1370. The van der Waals surface area contributed by atoms with Crippen LogP contribution in [0, 0.1) is 6.92 Å². The fraction of sp³-hybridized carbons (Fsp3) is 0.448. The van der Waals surface area contributed by atoms with Gasteiger partial charge < -0.3 is 14.8 Å². The number of rotatable bonds is 6. The van der Waals surface area contributed by atoms with Crippen LogP contribution in [0.3, 0.4) is 0 Å². The topological polar surface area (TPSA) is 71.8 Å². The van der Waals surface area contributed by atoms with Gasteiger partial charge in [-0.15, -0.1) is 11.8 Å². The van der Waals surface area contributed by atoms with Crippen molar-refractivity contribution in [1.82, 2.24) is 24.5 Å². The van der Waals surface area contributed by atoms with E-state index in [9.17, 15) is 0 Å². The number of fused-ring (bicyclic) bond motifs is 1. The lowest BCUT2D eigenvalue weighted by Crippen LogP contribution is -2.36. The van der Waals surface area contributed by atoms with Gasteiger partial charge in [0.2, 0.25) is 5.95 Å². The average molecular weight is 516 g/mol. The van der Waals surface area contributed by atoms with Gasteiger partial charge in [-0.3, -0.25) is 4.98 Å². The molecule has 4 aromatic rings. The molecule has 37 heavy (non-hydrogen) atoms. The third-order valence-electron chi connectivity index (χ3n) is 7.01. The third kappa shape index (κ3) is 5.59. The van der Waals surface area contributed by atoms with E-state index in [2.05, 4.69) is 96.6 Å². The highest BCUT2D eigenvalue weighted by Crippen LogP contribution is 2.34. The normalized spacial score (nSPS) is 15.1. The second-order valence-corrected chi connectivity index (χ2v) is 12.6. The Labute approximate surface area is 224 Å². The van der Waals surface area contributed by atoms with Crippen molar-refractivity contribution >= 4 is 40.4 Å². The van der Waals surface area contributed by atoms with Crippen LogP contribution < -0.4 is 10.2 Å². The van der Waals surface area contributed by atoms with Gasteiger partial charge in [-0.05, 0) is 68.4 Å². The van der Waals surface area contributed by atoms with Crippen molar-refractivity contribution in [1.29, 1.82) is 0 Å². The van der Waals surface area contributed by atoms with Crippen molar-refractivity contribution in [3.63, 3.8) is 0 Å². The van der Waals surface area contributed by atoms with Gasteiger partial charge >= 0.3 is 0 Å². The largest absolute Gasteiger partial charge is 0.341 e. The molecule has 1 aromatic carbocycles. The van der Waals surface area contributed by atoms with E-state index in [1.807, 2.05) is 30.5 Å². The van der Waals surface area contributed by atoms with Crippen LogP contribution in [0.5, 0.6) is 0 Å². The highest BCUT2D eigenvalue weighted by Gasteiger charge is 2.25. The Balaban J connectivity index is 1.45. The van der Waals surface area contributed by atoms with Gasteiger partial charge in [0.25, 0.3) is 0 Å². The lowest BCUT2D eigenvalue weighted by molar-refractivity contribution is 0.581. The molecular weight excluding hydrogens is 478 g/mol. The van der Waals surface area contributed by atoms with Crippen molar-refractivity contribution in [3.05, 3.63) is 60.2 Å². The molecule has 0 saturated carbocycles. The fourth-order valence-corrected chi connectivity index (χ4v) is 5.80. The Morgan fingerprint density at radius 3 is 2.43 bits per heavy atom. The Kier molecular flexibility index (Phi) is 7.12. The molecule has 0 atom stereocenters. The summed E-state index contributed by atoms with van der Waals surface area (Å²) in [5.41, 5.74) is 5.29. The number of nitrogens with one attached hydrogen (secondary N) is 1. The van der Waals surface area contributed by atoms with Gasteiger partial charge in [0.15, 0.2) is 11.5 Å². The number of anilines is 3. The molecule has 0 unspecified atom stereocenters. The van der Waals surface area contributed by atoms with Crippen LogP contribution in [-0.2, 0) is 5.41 Å². The van der Waals surface area contributed by atoms with Crippen molar-refractivity contribution < 1.29 is 0 Å². The van der Waals surface area contributed by atoms with Crippen LogP contribution in [-0.4, -0.2) is 42.8 Å². The maximum absolute atomic E-state index is 5.10. The molecule has 0 radical (unpaired) electrons. The van der Waals surface area contributed by atoms with Crippen LogP contribution in [0.15, 0.2) is 53.9 Å². The van der Waals surface area contributed by atoms with Crippen molar-refractivity contribution in [2.24, 2.45) is 0 Å². The molecule has 1 aliphatic rings. The molecule has 194 valence electrons. The SMILES string of the molecule is Cc1ccc(C(C)(C)C)cc1Nc1nc(N2CCC(Sc3ccncc3)CC2)nc2ncn(C(C)C)c12. The van der Waals surface area contributed by atoms with E-state index in [1.165, 1.54) is 16.0 Å².